The molecule has 2 atom stereocenters. The van der Waals surface area contributed by atoms with Gasteiger partial charge in [0, 0.05) is 17.9 Å². The lowest BCUT2D eigenvalue weighted by Crippen LogP contribution is -2.52. The maximum absolute atomic E-state index is 13.7. The van der Waals surface area contributed by atoms with E-state index in [1.807, 2.05) is 13.8 Å². The van der Waals surface area contributed by atoms with Gasteiger partial charge in [0.25, 0.3) is 0 Å². The van der Waals surface area contributed by atoms with Crippen molar-refractivity contribution in [3.8, 4) is 0 Å². The van der Waals surface area contributed by atoms with Gasteiger partial charge in [0.1, 0.15) is 5.82 Å². The van der Waals surface area contributed by atoms with Crippen LogP contribution in [-0.4, -0.2) is 16.2 Å². The Morgan fingerprint density at radius 2 is 2.11 bits per heavy atom. The first-order chi connectivity index (χ1) is 8.33. The molecule has 0 bridgehead atoms. The Morgan fingerprint density at radius 1 is 1.44 bits per heavy atom. The van der Waals surface area contributed by atoms with E-state index in [1.54, 1.807) is 18.2 Å². The molecule has 1 aliphatic rings. The van der Waals surface area contributed by atoms with Gasteiger partial charge in [-0.1, -0.05) is 24.6 Å². The molecule has 0 spiro atoms. The second kappa shape index (κ2) is 4.63. The van der Waals surface area contributed by atoms with Crippen molar-refractivity contribution in [2.75, 3.05) is 0 Å². The lowest BCUT2D eigenvalue weighted by atomic mass is 9.75. The molecule has 3 heteroatoms. The molecule has 2 rings (SSSR count). The fraction of sp³-hybridized carbons (Fsp3) is 0.600. The number of aliphatic hydroxyl groups is 1. The van der Waals surface area contributed by atoms with Crippen molar-refractivity contribution in [3.63, 3.8) is 0 Å². The fourth-order valence-corrected chi connectivity index (χ4v) is 3.30. The lowest BCUT2D eigenvalue weighted by Gasteiger charge is -2.39. The topological polar surface area (TPSA) is 46.2 Å². The van der Waals surface area contributed by atoms with Gasteiger partial charge >= 0.3 is 0 Å². The molecule has 1 aliphatic carbocycles. The van der Waals surface area contributed by atoms with Crippen LogP contribution in [0, 0.1) is 11.7 Å². The molecule has 0 amide bonds. The highest BCUT2D eigenvalue weighted by Crippen LogP contribution is 2.43. The highest BCUT2D eigenvalue weighted by atomic mass is 19.1. The molecule has 3 N–H and O–H groups in total. The van der Waals surface area contributed by atoms with Crippen molar-refractivity contribution in [2.24, 2.45) is 11.7 Å². The first kappa shape index (κ1) is 13.5. The van der Waals surface area contributed by atoms with Gasteiger partial charge in [-0.25, -0.2) is 4.39 Å². The maximum Gasteiger partial charge on any atom is 0.126 e. The van der Waals surface area contributed by atoms with Gasteiger partial charge in [-0.2, -0.15) is 0 Å². The van der Waals surface area contributed by atoms with Crippen LogP contribution in [0.3, 0.4) is 0 Å². The van der Waals surface area contributed by atoms with Crippen molar-refractivity contribution >= 4 is 0 Å². The minimum atomic E-state index is -0.875. The average molecular weight is 251 g/mol. The van der Waals surface area contributed by atoms with Gasteiger partial charge in [-0.15, -0.1) is 0 Å². The molecule has 0 aromatic heterocycles. The number of hydrogen-bond acceptors (Lipinski definition) is 2. The number of hydrogen-bond donors (Lipinski definition) is 2. The van der Waals surface area contributed by atoms with Crippen molar-refractivity contribution in [2.45, 2.75) is 50.7 Å². The summed E-state index contributed by atoms with van der Waals surface area (Å²) >= 11 is 0. The van der Waals surface area contributed by atoms with E-state index in [2.05, 4.69) is 0 Å². The largest absolute Gasteiger partial charge is 0.389 e. The van der Waals surface area contributed by atoms with Crippen LogP contribution in [0.15, 0.2) is 24.3 Å². The SMILES string of the molecule is CC(C)(N)C1CCCC1(O)Cc1ccccc1F. The number of rotatable bonds is 3. The number of nitrogens with two attached hydrogens (primary N) is 1. The van der Waals surface area contributed by atoms with Crippen LogP contribution in [0.2, 0.25) is 0 Å². The van der Waals surface area contributed by atoms with Crippen molar-refractivity contribution < 1.29 is 9.50 Å². The fourth-order valence-electron chi connectivity index (χ4n) is 3.30. The predicted octanol–water partition coefficient (Wildman–Crippen LogP) is 2.64. The monoisotopic (exact) mass is 251 g/mol. The first-order valence-electron chi connectivity index (χ1n) is 6.57. The van der Waals surface area contributed by atoms with Crippen LogP contribution < -0.4 is 5.73 Å². The summed E-state index contributed by atoms with van der Waals surface area (Å²) in [5.74, 6) is -0.226. The predicted molar refractivity (Wildman–Crippen MR) is 70.7 cm³/mol. The smallest absolute Gasteiger partial charge is 0.126 e. The summed E-state index contributed by atoms with van der Waals surface area (Å²) in [5.41, 5.74) is 5.43. The lowest BCUT2D eigenvalue weighted by molar-refractivity contribution is -0.0220. The van der Waals surface area contributed by atoms with E-state index in [9.17, 15) is 9.50 Å². The summed E-state index contributed by atoms with van der Waals surface area (Å²) in [6, 6.07) is 6.66. The Bertz CT molecular complexity index is 427. The van der Waals surface area contributed by atoms with Gasteiger partial charge < -0.3 is 10.8 Å². The standard InChI is InChI=1S/C15H22FNO/c1-14(2,17)13-8-5-9-15(13,18)10-11-6-3-4-7-12(11)16/h3-4,6-7,13,18H,5,8-10,17H2,1-2H3. The van der Waals surface area contributed by atoms with Crippen molar-refractivity contribution in [1.82, 2.24) is 0 Å². The molecule has 100 valence electrons. The molecule has 1 aromatic rings. The van der Waals surface area contributed by atoms with Crippen LogP contribution in [0.4, 0.5) is 4.39 Å². The van der Waals surface area contributed by atoms with Crippen molar-refractivity contribution in [3.05, 3.63) is 35.6 Å². The average Bonchev–Trinajstić information content (AvgIpc) is 2.63. The minimum absolute atomic E-state index is 0.0182. The molecule has 18 heavy (non-hydrogen) atoms. The maximum atomic E-state index is 13.7. The Labute approximate surface area is 108 Å². The Balaban J connectivity index is 2.24. The highest BCUT2D eigenvalue weighted by Gasteiger charge is 2.47. The van der Waals surface area contributed by atoms with Gasteiger partial charge in [0.2, 0.25) is 0 Å². The molecule has 1 fully saturated rings. The van der Waals surface area contributed by atoms with E-state index in [-0.39, 0.29) is 11.7 Å². The third-order valence-corrected chi connectivity index (χ3v) is 4.10. The second-order valence-electron chi connectivity index (χ2n) is 6.14. The Morgan fingerprint density at radius 3 is 2.72 bits per heavy atom. The van der Waals surface area contributed by atoms with Crippen LogP contribution in [0.5, 0.6) is 0 Å². The van der Waals surface area contributed by atoms with Gasteiger partial charge in [-0.05, 0) is 38.3 Å². The summed E-state index contributed by atoms with van der Waals surface area (Å²) < 4.78 is 13.7. The van der Waals surface area contributed by atoms with E-state index >= 15 is 0 Å². The van der Waals surface area contributed by atoms with E-state index in [4.69, 9.17) is 5.73 Å². The number of halogens is 1. The number of benzene rings is 1. The van der Waals surface area contributed by atoms with Crippen LogP contribution in [0.25, 0.3) is 0 Å². The summed E-state index contributed by atoms with van der Waals surface area (Å²) in [7, 11) is 0. The van der Waals surface area contributed by atoms with Gasteiger partial charge in [-0.3, -0.25) is 0 Å². The molecule has 2 unspecified atom stereocenters. The Kier molecular flexibility index (Phi) is 3.47. The second-order valence-corrected chi connectivity index (χ2v) is 6.14. The molecule has 0 saturated heterocycles. The van der Waals surface area contributed by atoms with Gasteiger partial charge in [0.05, 0.1) is 5.60 Å². The third-order valence-electron chi connectivity index (χ3n) is 4.10. The quantitative estimate of drug-likeness (QED) is 0.867. The van der Waals surface area contributed by atoms with Crippen LogP contribution in [-0.2, 0) is 6.42 Å². The molecule has 1 aromatic carbocycles. The third kappa shape index (κ3) is 2.57. The molecule has 0 aliphatic heterocycles. The molecular formula is C15H22FNO. The molecule has 2 nitrogen and oxygen atoms in total. The molecule has 1 saturated carbocycles. The highest BCUT2D eigenvalue weighted by molar-refractivity contribution is 5.21. The summed E-state index contributed by atoms with van der Waals surface area (Å²) in [4.78, 5) is 0. The first-order valence-corrected chi connectivity index (χ1v) is 6.57. The molecular weight excluding hydrogens is 229 g/mol. The molecule has 0 heterocycles. The van der Waals surface area contributed by atoms with Gasteiger partial charge in [0.15, 0.2) is 0 Å². The summed E-state index contributed by atoms with van der Waals surface area (Å²) in [6.07, 6.45) is 2.92. The van der Waals surface area contributed by atoms with E-state index in [1.165, 1.54) is 6.07 Å². The summed E-state index contributed by atoms with van der Waals surface area (Å²) in [5, 5.41) is 10.8. The Hall–Kier alpha value is -0.930. The van der Waals surface area contributed by atoms with E-state index < -0.39 is 11.1 Å². The normalized spacial score (nSPS) is 28.6. The molecule has 0 radical (unpaired) electrons. The summed E-state index contributed by atoms with van der Waals surface area (Å²) in [6.45, 7) is 3.88. The van der Waals surface area contributed by atoms with Crippen molar-refractivity contribution in [1.29, 1.82) is 0 Å². The zero-order valence-corrected chi connectivity index (χ0v) is 11.1. The van der Waals surface area contributed by atoms with Crippen LogP contribution in [0.1, 0.15) is 38.7 Å². The van der Waals surface area contributed by atoms with E-state index in [0.717, 1.165) is 12.8 Å². The zero-order valence-electron chi connectivity index (χ0n) is 11.1. The van der Waals surface area contributed by atoms with E-state index in [0.29, 0.717) is 18.4 Å². The minimum Gasteiger partial charge on any atom is -0.389 e. The van der Waals surface area contributed by atoms with Crippen LogP contribution >= 0.6 is 0 Å². The zero-order chi connectivity index (χ0) is 13.4.